The van der Waals surface area contributed by atoms with Crippen LogP contribution in [0, 0.1) is 0 Å². The fourth-order valence-electron chi connectivity index (χ4n) is 2.72. The van der Waals surface area contributed by atoms with Crippen LogP contribution in [0.2, 0.25) is 0 Å². The molecule has 0 aliphatic rings. The van der Waals surface area contributed by atoms with Crippen LogP contribution in [-0.4, -0.2) is 38.8 Å². The van der Waals surface area contributed by atoms with E-state index >= 15 is 0 Å². The average Bonchev–Trinajstić information content (AvgIpc) is 3.30. The molecule has 0 unspecified atom stereocenters. The lowest BCUT2D eigenvalue weighted by Gasteiger charge is -2.21. The van der Waals surface area contributed by atoms with Gasteiger partial charge in [-0.1, -0.05) is 30.3 Å². The van der Waals surface area contributed by atoms with E-state index in [1.54, 1.807) is 12.3 Å². The van der Waals surface area contributed by atoms with Crippen molar-refractivity contribution in [3.8, 4) is 21.7 Å². The molecular weight excluding hydrogens is 389 g/mol. The standard InChI is InChI=1S/C20H24BN3O4S/c1-12(23-19(25)28-20(2,3)4)18-22-11-15(24-18)13-5-7-14(8-6-13)16-9-10-17(29-16)21(26)27/h5-12,26-27H,1-4H3,(H,22,24)(H,23,25)/t12-/m0/s1. The number of amides is 1. The summed E-state index contributed by atoms with van der Waals surface area (Å²) >= 11 is 1.34. The van der Waals surface area contributed by atoms with Crippen molar-refractivity contribution in [3.05, 3.63) is 48.4 Å². The van der Waals surface area contributed by atoms with Crippen molar-refractivity contribution < 1.29 is 19.6 Å². The zero-order chi connectivity index (χ0) is 21.2. The molecule has 0 radical (unpaired) electrons. The van der Waals surface area contributed by atoms with Crippen LogP contribution in [0.1, 0.15) is 39.6 Å². The molecule has 3 rings (SSSR count). The van der Waals surface area contributed by atoms with Crippen molar-refractivity contribution in [2.75, 3.05) is 0 Å². The van der Waals surface area contributed by atoms with Crippen LogP contribution in [0.5, 0.6) is 0 Å². The summed E-state index contributed by atoms with van der Waals surface area (Å²) in [6.07, 6.45) is 1.24. The third-order valence-electron chi connectivity index (χ3n) is 4.10. The summed E-state index contributed by atoms with van der Waals surface area (Å²) in [6, 6.07) is 11.1. The quantitative estimate of drug-likeness (QED) is 0.481. The Morgan fingerprint density at radius 3 is 2.41 bits per heavy atom. The highest BCUT2D eigenvalue weighted by molar-refractivity contribution is 7.24. The molecule has 1 amide bonds. The van der Waals surface area contributed by atoms with Gasteiger partial charge in [0.2, 0.25) is 0 Å². The molecule has 7 nitrogen and oxygen atoms in total. The largest absolute Gasteiger partial charge is 0.499 e. The number of rotatable bonds is 5. The van der Waals surface area contributed by atoms with E-state index in [2.05, 4.69) is 15.3 Å². The second-order valence-corrected chi connectivity index (χ2v) is 8.82. The average molecular weight is 413 g/mol. The minimum Gasteiger partial charge on any atom is -0.444 e. The van der Waals surface area contributed by atoms with Crippen molar-refractivity contribution in [2.24, 2.45) is 0 Å². The molecule has 152 valence electrons. The topological polar surface area (TPSA) is 107 Å². The lowest BCUT2D eigenvalue weighted by molar-refractivity contribution is 0.0506. The zero-order valence-corrected chi connectivity index (χ0v) is 17.6. The second-order valence-electron chi connectivity index (χ2n) is 7.70. The molecule has 1 aromatic carbocycles. The summed E-state index contributed by atoms with van der Waals surface area (Å²) in [5.41, 5.74) is 2.22. The van der Waals surface area contributed by atoms with Crippen LogP contribution >= 0.6 is 11.3 Å². The third-order valence-corrected chi connectivity index (χ3v) is 5.27. The lowest BCUT2D eigenvalue weighted by Crippen LogP contribution is -2.34. The molecule has 0 aliphatic carbocycles. The van der Waals surface area contributed by atoms with Gasteiger partial charge in [-0.25, -0.2) is 9.78 Å². The number of ether oxygens (including phenoxy) is 1. The number of H-pyrrole nitrogens is 1. The van der Waals surface area contributed by atoms with Gasteiger partial charge in [-0.15, -0.1) is 11.3 Å². The number of thiophene rings is 1. The third kappa shape index (κ3) is 5.47. The van der Waals surface area contributed by atoms with E-state index in [1.807, 2.05) is 58.0 Å². The number of aromatic nitrogens is 2. The maximum absolute atomic E-state index is 11.9. The highest BCUT2D eigenvalue weighted by Crippen LogP contribution is 2.27. The number of nitrogens with one attached hydrogen (secondary N) is 2. The van der Waals surface area contributed by atoms with Crippen LogP contribution in [0.25, 0.3) is 21.7 Å². The minimum atomic E-state index is -1.45. The van der Waals surface area contributed by atoms with E-state index in [4.69, 9.17) is 4.74 Å². The van der Waals surface area contributed by atoms with E-state index in [9.17, 15) is 14.8 Å². The van der Waals surface area contributed by atoms with Gasteiger partial charge in [0.15, 0.2) is 0 Å². The molecule has 2 aromatic heterocycles. The Balaban J connectivity index is 1.69. The minimum absolute atomic E-state index is 0.327. The Morgan fingerprint density at radius 2 is 1.83 bits per heavy atom. The van der Waals surface area contributed by atoms with E-state index < -0.39 is 18.8 Å². The van der Waals surface area contributed by atoms with Gasteiger partial charge in [-0.2, -0.15) is 0 Å². The summed E-state index contributed by atoms with van der Waals surface area (Å²) in [6.45, 7) is 7.28. The number of hydrogen-bond donors (Lipinski definition) is 4. The predicted octanol–water partition coefficient (Wildman–Crippen LogP) is 3.07. The van der Waals surface area contributed by atoms with Gasteiger partial charge >= 0.3 is 13.2 Å². The number of nitrogens with zero attached hydrogens (tertiary/aromatic N) is 1. The smallest absolute Gasteiger partial charge is 0.444 e. The second kappa shape index (κ2) is 8.40. The van der Waals surface area contributed by atoms with Gasteiger partial charge in [-0.05, 0) is 44.9 Å². The number of alkyl carbamates (subject to hydrolysis) is 1. The Morgan fingerprint density at radius 1 is 1.17 bits per heavy atom. The van der Waals surface area contributed by atoms with Crippen LogP contribution in [0.15, 0.2) is 42.6 Å². The van der Waals surface area contributed by atoms with Gasteiger partial charge in [0.25, 0.3) is 0 Å². The highest BCUT2D eigenvalue weighted by atomic mass is 32.1. The van der Waals surface area contributed by atoms with Gasteiger partial charge in [0, 0.05) is 9.65 Å². The molecule has 9 heteroatoms. The molecule has 3 aromatic rings. The van der Waals surface area contributed by atoms with Crippen LogP contribution in [0.3, 0.4) is 0 Å². The van der Waals surface area contributed by atoms with Gasteiger partial charge in [0.05, 0.1) is 17.9 Å². The first-order valence-electron chi connectivity index (χ1n) is 9.23. The number of carbonyl (C=O) groups excluding carboxylic acids is 1. The van der Waals surface area contributed by atoms with Crippen molar-refractivity contribution >= 4 is 29.3 Å². The van der Waals surface area contributed by atoms with Crippen LogP contribution in [0.4, 0.5) is 4.79 Å². The molecule has 1 atom stereocenters. The molecule has 0 fully saturated rings. The van der Waals surface area contributed by atoms with E-state index in [0.717, 1.165) is 21.7 Å². The maximum atomic E-state index is 11.9. The van der Waals surface area contributed by atoms with Crippen LogP contribution in [-0.2, 0) is 4.74 Å². The maximum Gasteiger partial charge on any atom is 0.499 e. The fraction of sp³-hybridized carbons (Fsp3) is 0.300. The zero-order valence-electron chi connectivity index (χ0n) is 16.8. The summed E-state index contributed by atoms with van der Waals surface area (Å²) in [7, 11) is -1.45. The van der Waals surface area contributed by atoms with E-state index in [1.165, 1.54) is 11.3 Å². The number of hydrogen-bond acceptors (Lipinski definition) is 6. The van der Waals surface area contributed by atoms with Crippen LogP contribution < -0.4 is 10.1 Å². The molecule has 0 spiro atoms. The first kappa shape index (κ1) is 21.1. The number of benzene rings is 1. The summed E-state index contributed by atoms with van der Waals surface area (Å²) in [5, 5.41) is 21.3. The molecule has 4 N–H and O–H groups in total. The Labute approximate surface area is 173 Å². The van der Waals surface area contributed by atoms with Crippen molar-refractivity contribution in [1.82, 2.24) is 15.3 Å². The predicted molar refractivity (Wildman–Crippen MR) is 115 cm³/mol. The fourth-order valence-corrected chi connectivity index (χ4v) is 3.60. The van der Waals surface area contributed by atoms with Gasteiger partial charge in [-0.3, -0.25) is 0 Å². The van der Waals surface area contributed by atoms with E-state index in [-0.39, 0.29) is 6.04 Å². The van der Waals surface area contributed by atoms with E-state index in [0.29, 0.717) is 10.6 Å². The normalized spacial score (nSPS) is 12.5. The molecule has 29 heavy (non-hydrogen) atoms. The summed E-state index contributed by atoms with van der Waals surface area (Å²) < 4.78 is 5.78. The van der Waals surface area contributed by atoms with Gasteiger partial charge < -0.3 is 25.1 Å². The van der Waals surface area contributed by atoms with Crippen molar-refractivity contribution in [3.63, 3.8) is 0 Å². The molecular formula is C20H24BN3O4S. The number of imidazole rings is 1. The number of carbonyl (C=O) groups is 1. The SMILES string of the molecule is C[C@H](NC(=O)OC(C)(C)C)c1ncc(-c2ccc(-c3ccc(B(O)O)s3)cc2)[nH]1. The monoisotopic (exact) mass is 413 g/mol. The van der Waals surface area contributed by atoms with Crippen molar-refractivity contribution in [2.45, 2.75) is 39.3 Å². The first-order chi connectivity index (χ1) is 13.6. The molecule has 0 bridgehead atoms. The lowest BCUT2D eigenvalue weighted by atomic mass is 9.90. The molecule has 2 heterocycles. The summed E-state index contributed by atoms with van der Waals surface area (Å²) in [5.74, 6) is 0.634. The van der Waals surface area contributed by atoms with Gasteiger partial charge in [0.1, 0.15) is 11.4 Å². The Bertz CT molecular complexity index is 976. The Kier molecular flexibility index (Phi) is 6.11. The Hall–Kier alpha value is -2.62. The number of aromatic amines is 1. The van der Waals surface area contributed by atoms with Crippen molar-refractivity contribution in [1.29, 1.82) is 0 Å². The summed E-state index contributed by atoms with van der Waals surface area (Å²) in [4.78, 5) is 20.5. The first-order valence-corrected chi connectivity index (χ1v) is 10.0. The highest BCUT2D eigenvalue weighted by Gasteiger charge is 2.20. The molecule has 0 saturated carbocycles. The molecule has 0 saturated heterocycles. The molecule has 0 aliphatic heterocycles.